The number of hydrogen-bond acceptors (Lipinski definition) is 4. The molecule has 0 aromatic carbocycles. The van der Waals surface area contributed by atoms with Gasteiger partial charge in [-0.25, -0.2) is 4.98 Å². The first-order valence-electron chi connectivity index (χ1n) is 6.37. The van der Waals surface area contributed by atoms with Crippen molar-refractivity contribution in [1.82, 2.24) is 10.3 Å². The lowest BCUT2D eigenvalue weighted by Gasteiger charge is -2.27. The molecule has 0 fully saturated rings. The maximum Gasteiger partial charge on any atom is 0.125 e. The van der Waals surface area contributed by atoms with Crippen LogP contribution in [-0.2, 0) is 10.3 Å². The van der Waals surface area contributed by atoms with Crippen LogP contribution in [-0.4, -0.2) is 18.6 Å². The van der Waals surface area contributed by atoms with E-state index in [-0.39, 0.29) is 5.60 Å². The number of aromatic nitrogens is 1. The van der Waals surface area contributed by atoms with Gasteiger partial charge in [-0.2, -0.15) is 0 Å². The highest BCUT2D eigenvalue weighted by Gasteiger charge is 2.31. The molecule has 0 radical (unpaired) electrons. The van der Waals surface area contributed by atoms with Gasteiger partial charge >= 0.3 is 0 Å². The summed E-state index contributed by atoms with van der Waals surface area (Å²) in [5, 5.41) is 6.63. The topological polar surface area (TPSA) is 34.1 Å². The summed E-state index contributed by atoms with van der Waals surface area (Å²) in [5.41, 5.74) is 0.921. The van der Waals surface area contributed by atoms with Crippen LogP contribution in [0.15, 0.2) is 5.38 Å². The molecule has 0 aliphatic carbocycles. The van der Waals surface area contributed by atoms with Crippen LogP contribution in [0.1, 0.15) is 57.3 Å². The standard InChI is InChI=1S/C13H24N2OS/c1-6-13(7-2,16-5)12-15-11(9-17-12)10(4)14-8-3/h9-10,14H,6-8H2,1-5H3. The number of hydrogen-bond donors (Lipinski definition) is 1. The zero-order valence-electron chi connectivity index (χ0n) is 11.5. The van der Waals surface area contributed by atoms with Gasteiger partial charge in [0.1, 0.15) is 10.6 Å². The van der Waals surface area contributed by atoms with Gasteiger partial charge in [-0.05, 0) is 26.3 Å². The molecule has 4 heteroatoms. The van der Waals surface area contributed by atoms with Gasteiger partial charge in [-0.1, -0.05) is 20.8 Å². The molecular weight excluding hydrogens is 232 g/mol. The largest absolute Gasteiger partial charge is 0.371 e. The molecule has 17 heavy (non-hydrogen) atoms. The quantitative estimate of drug-likeness (QED) is 0.811. The number of nitrogens with one attached hydrogen (secondary N) is 1. The van der Waals surface area contributed by atoms with Crippen LogP contribution in [0.25, 0.3) is 0 Å². The van der Waals surface area contributed by atoms with Crippen LogP contribution in [0.5, 0.6) is 0 Å². The van der Waals surface area contributed by atoms with Gasteiger partial charge in [-0.3, -0.25) is 0 Å². The second kappa shape index (κ2) is 6.47. The SMILES string of the molecule is CCNC(C)c1csc(C(CC)(CC)OC)n1. The summed E-state index contributed by atoms with van der Waals surface area (Å²) in [5.74, 6) is 0. The Kier molecular flexibility index (Phi) is 5.56. The lowest BCUT2D eigenvalue weighted by molar-refractivity contribution is -0.0220. The van der Waals surface area contributed by atoms with E-state index >= 15 is 0 Å². The van der Waals surface area contributed by atoms with Crippen molar-refractivity contribution in [1.29, 1.82) is 0 Å². The highest BCUT2D eigenvalue weighted by molar-refractivity contribution is 7.09. The number of thiazole rings is 1. The second-order valence-corrected chi connectivity index (χ2v) is 5.12. The monoisotopic (exact) mass is 256 g/mol. The van der Waals surface area contributed by atoms with Gasteiger partial charge in [0.25, 0.3) is 0 Å². The lowest BCUT2D eigenvalue weighted by Crippen LogP contribution is -2.27. The maximum absolute atomic E-state index is 5.70. The number of nitrogens with zero attached hydrogens (tertiary/aromatic N) is 1. The summed E-state index contributed by atoms with van der Waals surface area (Å²) in [4.78, 5) is 4.74. The van der Waals surface area contributed by atoms with Gasteiger partial charge in [0.05, 0.1) is 5.69 Å². The number of ether oxygens (including phenoxy) is 1. The molecule has 0 saturated heterocycles. The third-order valence-corrected chi connectivity index (χ3v) is 4.44. The van der Waals surface area contributed by atoms with Crippen molar-refractivity contribution in [3.63, 3.8) is 0 Å². The first-order chi connectivity index (χ1) is 8.13. The average Bonchev–Trinajstić information content (AvgIpc) is 2.83. The molecule has 0 aliphatic heterocycles. The van der Waals surface area contributed by atoms with Crippen molar-refractivity contribution in [3.05, 3.63) is 16.1 Å². The van der Waals surface area contributed by atoms with Gasteiger partial charge in [0.15, 0.2) is 0 Å². The summed E-state index contributed by atoms with van der Waals surface area (Å²) in [6.45, 7) is 9.53. The Morgan fingerprint density at radius 2 is 2.06 bits per heavy atom. The fraction of sp³-hybridized carbons (Fsp3) is 0.769. The predicted molar refractivity (Wildman–Crippen MR) is 73.5 cm³/mol. The van der Waals surface area contributed by atoms with Gasteiger partial charge < -0.3 is 10.1 Å². The fourth-order valence-corrected chi connectivity index (χ4v) is 3.27. The molecule has 1 unspecified atom stereocenters. The van der Waals surface area contributed by atoms with E-state index in [0.717, 1.165) is 30.1 Å². The lowest BCUT2D eigenvalue weighted by atomic mass is 9.98. The minimum Gasteiger partial charge on any atom is -0.371 e. The number of rotatable bonds is 7. The Morgan fingerprint density at radius 1 is 1.41 bits per heavy atom. The van der Waals surface area contributed by atoms with E-state index in [4.69, 9.17) is 9.72 Å². The van der Waals surface area contributed by atoms with Gasteiger partial charge in [-0.15, -0.1) is 11.3 Å². The van der Waals surface area contributed by atoms with E-state index in [9.17, 15) is 0 Å². The van der Waals surface area contributed by atoms with Crippen molar-refractivity contribution in [2.75, 3.05) is 13.7 Å². The van der Waals surface area contributed by atoms with Crippen molar-refractivity contribution < 1.29 is 4.74 Å². The molecule has 1 heterocycles. The van der Waals surface area contributed by atoms with Crippen molar-refractivity contribution >= 4 is 11.3 Å². The Balaban J connectivity index is 2.92. The molecule has 0 amide bonds. The van der Waals surface area contributed by atoms with Crippen LogP contribution < -0.4 is 5.32 Å². The van der Waals surface area contributed by atoms with Crippen LogP contribution >= 0.6 is 11.3 Å². The van der Waals surface area contributed by atoms with E-state index in [1.807, 2.05) is 0 Å². The van der Waals surface area contributed by atoms with E-state index < -0.39 is 0 Å². The highest BCUT2D eigenvalue weighted by atomic mass is 32.1. The molecule has 0 saturated carbocycles. The molecule has 0 aliphatic rings. The molecule has 3 nitrogen and oxygen atoms in total. The summed E-state index contributed by atoms with van der Waals surface area (Å²) < 4.78 is 5.70. The van der Waals surface area contributed by atoms with Gasteiger partial charge in [0, 0.05) is 18.5 Å². The minimum atomic E-state index is -0.200. The average molecular weight is 256 g/mol. The first-order valence-corrected chi connectivity index (χ1v) is 7.25. The molecule has 1 aromatic rings. The second-order valence-electron chi connectivity index (χ2n) is 4.26. The Morgan fingerprint density at radius 3 is 2.53 bits per heavy atom. The van der Waals surface area contributed by atoms with Gasteiger partial charge in [0.2, 0.25) is 0 Å². The van der Waals surface area contributed by atoms with E-state index in [2.05, 4.69) is 38.4 Å². The zero-order valence-corrected chi connectivity index (χ0v) is 12.4. The van der Waals surface area contributed by atoms with Crippen molar-refractivity contribution in [2.45, 2.75) is 52.2 Å². The fourth-order valence-electron chi connectivity index (χ4n) is 2.03. The molecule has 0 spiro atoms. The molecule has 1 atom stereocenters. The number of methoxy groups -OCH3 is 1. The Labute approximate surface area is 109 Å². The highest BCUT2D eigenvalue weighted by Crippen LogP contribution is 2.35. The summed E-state index contributed by atoms with van der Waals surface area (Å²) in [6, 6.07) is 0.313. The van der Waals surface area contributed by atoms with Crippen molar-refractivity contribution in [2.24, 2.45) is 0 Å². The van der Waals surface area contributed by atoms with E-state index in [1.54, 1.807) is 18.4 Å². The normalized spacial score (nSPS) is 13.9. The molecule has 1 aromatic heterocycles. The van der Waals surface area contributed by atoms with Crippen LogP contribution in [0, 0.1) is 0 Å². The van der Waals surface area contributed by atoms with E-state index in [1.165, 1.54) is 0 Å². The third kappa shape index (κ3) is 3.06. The third-order valence-electron chi connectivity index (χ3n) is 3.40. The summed E-state index contributed by atoms with van der Waals surface area (Å²) >= 11 is 1.71. The first kappa shape index (κ1) is 14.6. The molecule has 0 bridgehead atoms. The van der Waals surface area contributed by atoms with Crippen LogP contribution in [0.2, 0.25) is 0 Å². The molecule has 1 N–H and O–H groups in total. The van der Waals surface area contributed by atoms with Crippen LogP contribution in [0.3, 0.4) is 0 Å². The van der Waals surface area contributed by atoms with Crippen LogP contribution in [0.4, 0.5) is 0 Å². The van der Waals surface area contributed by atoms with Crippen molar-refractivity contribution in [3.8, 4) is 0 Å². The molecule has 1 rings (SSSR count). The molecular formula is C13H24N2OS. The summed E-state index contributed by atoms with van der Waals surface area (Å²) in [6.07, 6.45) is 1.92. The van der Waals surface area contributed by atoms with E-state index in [0.29, 0.717) is 6.04 Å². The Bertz CT molecular complexity index is 326. The molecule has 98 valence electrons. The Hall–Kier alpha value is -0.450. The maximum atomic E-state index is 5.70. The summed E-state index contributed by atoms with van der Waals surface area (Å²) in [7, 11) is 1.78. The minimum absolute atomic E-state index is 0.200. The zero-order chi connectivity index (χ0) is 12.9. The predicted octanol–water partition coefficient (Wildman–Crippen LogP) is 3.48. The smallest absolute Gasteiger partial charge is 0.125 e.